The van der Waals surface area contributed by atoms with Crippen LogP contribution in [0.3, 0.4) is 0 Å². The summed E-state index contributed by atoms with van der Waals surface area (Å²) in [5, 5.41) is 13.1. The average Bonchev–Trinajstić information content (AvgIpc) is 2.89. The monoisotopic (exact) mass is 320 g/mol. The predicted octanol–water partition coefficient (Wildman–Crippen LogP) is 1.49. The Balaban J connectivity index is 1.78. The summed E-state index contributed by atoms with van der Waals surface area (Å²) in [6.07, 6.45) is 0.711. The van der Waals surface area contributed by atoms with Gasteiger partial charge in [-0.25, -0.2) is 0 Å². The van der Waals surface area contributed by atoms with Crippen LogP contribution in [0.25, 0.3) is 0 Å². The molecular formula is C17H24N2O4. The fourth-order valence-electron chi connectivity index (χ4n) is 2.59. The fraction of sp³-hybridized carbons (Fsp3) is 0.529. The Bertz CT molecular complexity index is 574. The molecule has 1 aromatic rings. The first kappa shape index (κ1) is 17.4. The van der Waals surface area contributed by atoms with Gasteiger partial charge in [-0.1, -0.05) is 12.1 Å². The molecule has 0 fully saturated rings. The number of carbonyl (C=O) groups excluding carboxylic acids is 2. The Labute approximate surface area is 136 Å². The second-order valence-electron chi connectivity index (χ2n) is 5.80. The minimum Gasteiger partial charge on any atom is -0.466 e. The smallest absolute Gasteiger partial charge is 0.307 e. The van der Waals surface area contributed by atoms with Crippen molar-refractivity contribution in [1.29, 1.82) is 0 Å². The topological polar surface area (TPSA) is 78.9 Å². The molecule has 1 aromatic carbocycles. The lowest BCUT2D eigenvalue weighted by atomic mass is 10.0. The van der Waals surface area contributed by atoms with Gasteiger partial charge >= 0.3 is 5.97 Å². The van der Waals surface area contributed by atoms with E-state index < -0.39 is 6.10 Å². The molecule has 6 heteroatoms. The second kappa shape index (κ2) is 8.08. The van der Waals surface area contributed by atoms with Crippen molar-refractivity contribution in [1.82, 2.24) is 4.90 Å². The van der Waals surface area contributed by atoms with Crippen LogP contribution in [0.2, 0.25) is 0 Å². The van der Waals surface area contributed by atoms with Crippen molar-refractivity contribution in [3.05, 3.63) is 29.3 Å². The van der Waals surface area contributed by atoms with Crippen LogP contribution < -0.4 is 5.32 Å². The molecule has 1 heterocycles. The number of benzene rings is 1. The highest BCUT2D eigenvalue weighted by Gasteiger charge is 2.19. The molecule has 0 saturated carbocycles. The van der Waals surface area contributed by atoms with Crippen LogP contribution in [0, 0.1) is 0 Å². The van der Waals surface area contributed by atoms with Crippen molar-refractivity contribution in [2.45, 2.75) is 32.3 Å². The van der Waals surface area contributed by atoms with E-state index in [0.29, 0.717) is 39.0 Å². The number of ether oxygens (including phenoxy) is 1. The van der Waals surface area contributed by atoms with Crippen molar-refractivity contribution < 1.29 is 19.4 Å². The lowest BCUT2D eigenvalue weighted by Crippen LogP contribution is -2.25. The molecule has 0 spiro atoms. The summed E-state index contributed by atoms with van der Waals surface area (Å²) in [5.41, 5.74) is 2.58. The fourth-order valence-corrected chi connectivity index (χ4v) is 2.59. The van der Waals surface area contributed by atoms with Gasteiger partial charge in [0.25, 0.3) is 0 Å². The normalized spacial score (nSPS) is 14.5. The van der Waals surface area contributed by atoms with Gasteiger partial charge in [-0.3, -0.25) is 9.59 Å². The van der Waals surface area contributed by atoms with Crippen molar-refractivity contribution >= 4 is 17.6 Å². The first-order chi connectivity index (χ1) is 11.0. The number of aliphatic hydroxyl groups excluding tert-OH is 1. The molecule has 1 amide bonds. The van der Waals surface area contributed by atoms with Gasteiger partial charge in [0.05, 0.1) is 25.6 Å². The molecule has 0 aromatic heterocycles. The Kier molecular flexibility index (Phi) is 6.12. The van der Waals surface area contributed by atoms with Crippen LogP contribution in [0.5, 0.6) is 0 Å². The Morgan fingerprint density at radius 1 is 1.43 bits per heavy atom. The molecule has 1 aliphatic rings. The first-order valence-corrected chi connectivity index (χ1v) is 7.94. The van der Waals surface area contributed by atoms with Gasteiger partial charge in [-0.05, 0) is 37.6 Å². The lowest BCUT2D eigenvalue weighted by molar-refractivity contribution is -0.143. The van der Waals surface area contributed by atoms with Crippen LogP contribution in [0.4, 0.5) is 5.69 Å². The third kappa shape index (κ3) is 5.04. The van der Waals surface area contributed by atoms with Crippen LogP contribution in [0.15, 0.2) is 18.2 Å². The molecule has 0 bridgehead atoms. The van der Waals surface area contributed by atoms with E-state index in [9.17, 15) is 14.7 Å². The number of nitrogens with one attached hydrogen (secondary N) is 1. The maximum absolute atomic E-state index is 11.4. The zero-order chi connectivity index (χ0) is 16.8. The maximum atomic E-state index is 11.4. The lowest BCUT2D eigenvalue weighted by Gasteiger charge is -2.19. The van der Waals surface area contributed by atoms with Crippen LogP contribution in [0.1, 0.15) is 37.0 Å². The van der Waals surface area contributed by atoms with E-state index >= 15 is 0 Å². The number of hydrogen-bond donors (Lipinski definition) is 2. The van der Waals surface area contributed by atoms with E-state index in [1.165, 1.54) is 0 Å². The summed E-state index contributed by atoms with van der Waals surface area (Å²) in [6.45, 7) is 3.47. The second-order valence-corrected chi connectivity index (χ2v) is 5.80. The molecule has 23 heavy (non-hydrogen) atoms. The molecule has 1 atom stereocenters. The molecule has 0 radical (unpaired) electrons. The first-order valence-electron chi connectivity index (χ1n) is 7.94. The van der Waals surface area contributed by atoms with Crippen LogP contribution >= 0.6 is 0 Å². The Hall–Kier alpha value is -1.92. The Morgan fingerprint density at radius 3 is 2.96 bits per heavy atom. The molecule has 2 rings (SSSR count). The highest BCUT2D eigenvalue weighted by Crippen LogP contribution is 2.27. The van der Waals surface area contributed by atoms with Gasteiger partial charge in [0.15, 0.2) is 0 Å². The number of fused-ring (bicyclic) bond motifs is 1. The van der Waals surface area contributed by atoms with Crippen molar-refractivity contribution in [2.24, 2.45) is 0 Å². The molecule has 2 N–H and O–H groups in total. The number of nitrogens with zero attached hydrogens (tertiary/aromatic N) is 1. The third-order valence-corrected chi connectivity index (χ3v) is 3.93. The third-order valence-electron chi connectivity index (χ3n) is 3.93. The largest absolute Gasteiger partial charge is 0.466 e. The van der Waals surface area contributed by atoms with Gasteiger partial charge in [-0.2, -0.15) is 0 Å². The maximum Gasteiger partial charge on any atom is 0.307 e. The number of aliphatic hydroxyl groups is 1. The van der Waals surface area contributed by atoms with Crippen molar-refractivity contribution in [3.63, 3.8) is 0 Å². The number of rotatable bonds is 8. The van der Waals surface area contributed by atoms with Gasteiger partial charge in [0, 0.05) is 18.8 Å². The van der Waals surface area contributed by atoms with Crippen LogP contribution in [-0.4, -0.2) is 48.6 Å². The minimum atomic E-state index is -0.582. The molecule has 1 aliphatic heterocycles. The predicted molar refractivity (Wildman–Crippen MR) is 87.1 cm³/mol. The van der Waals surface area contributed by atoms with E-state index in [0.717, 1.165) is 16.8 Å². The standard InChI is InChI=1S/C17H24N2O4/c1-3-23-17(22)7-9-19(2)8-6-15(20)12-4-5-14-13(10-12)11-16(21)18-14/h4-5,10,15,20H,3,6-9,11H2,1-2H3,(H,18,21). The van der Waals surface area contributed by atoms with E-state index in [2.05, 4.69) is 5.32 Å². The number of carbonyl (C=O) groups is 2. The summed E-state index contributed by atoms with van der Waals surface area (Å²) in [4.78, 5) is 24.7. The van der Waals surface area contributed by atoms with Gasteiger partial charge in [0.1, 0.15) is 0 Å². The highest BCUT2D eigenvalue weighted by atomic mass is 16.5. The average molecular weight is 320 g/mol. The van der Waals surface area contributed by atoms with E-state index in [1.807, 2.05) is 30.1 Å². The highest BCUT2D eigenvalue weighted by molar-refractivity contribution is 5.99. The van der Waals surface area contributed by atoms with E-state index in [-0.39, 0.29) is 11.9 Å². The van der Waals surface area contributed by atoms with Gasteiger partial charge in [-0.15, -0.1) is 0 Å². The summed E-state index contributed by atoms with van der Waals surface area (Å²) in [6, 6.07) is 5.56. The molecule has 0 saturated heterocycles. The number of hydrogen-bond acceptors (Lipinski definition) is 5. The quantitative estimate of drug-likeness (QED) is 0.710. The van der Waals surface area contributed by atoms with Crippen molar-refractivity contribution in [3.8, 4) is 0 Å². The molecular weight excluding hydrogens is 296 g/mol. The SMILES string of the molecule is CCOC(=O)CCN(C)CCC(O)c1ccc2c(c1)CC(=O)N2. The van der Waals surface area contributed by atoms with Gasteiger partial charge in [0.2, 0.25) is 5.91 Å². The number of esters is 1. The number of anilines is 1. The Morgan fingerprint density at radius 2 is 2.22 bits per heavy atom. The summed E-state index contributed by atoms with van der Waals surface area (Å²) < 4.78 is 4.89. The minimum absolute atomic E-state index is 0.00895. The molecule has 126 valence electrons. The van der Waals surface area contributed by atoms with E-state index in [1.54, 1.807) is 6.92 Å². The van der Waals surface area contributed by atoms with E-state index in [4.69, 9.17) is 4.74 Å². The zero-order valence-corrected chi connectivity index (χ0v) is 13.7. The van der Waals surface area contributed by atoms with Crippen LogP contribution in [-0.2, 0) is 20.7 Å². The zero-order valence-electron chi connectivity index (χ0n) is 13.7. The summed E-state index contributed by atoms with van der Waals surface area (Å²) >= 11 is 0. The molecule has 6 nitrogen and oxygen atoms in total. The summed E-state index contributed by atoms with van der Waals surface area (Å²) in [5.74, 6) is -0.207. The molecule has 0 aliphatic carbocycles. The summed E-state index contributed by atoms with van der Waals surface area (Å²) in [7, 11) is 1.91. The van der Waals surface area contributed by atoms with Gasteiger partial charge < -0.3 is 20.1 Å². The van der Waals surface area contributed by atoms with Crippen molar-refractivity contribution in [2.75, 3.05) is 32.1 Å². The number of amides is 1. The molecule has 1 unspecified atom stereocenters.